The number of furan rings is 1. The van der Waals surface area contributed by atoms with Gasteiger partial charge >= 0.3 is 0 Å². The van der Waals surface area contributed by atoms with Gasteiger partial charge in [0.1, 0.15) is 11.3 Å². The molecule has 4 rings (SSSR count). The van der Waals surface area contributed by atoms with Gasteiger partial charge < -0.3 is 14.5 Å². The molecule has 0 bridgehead atoms. The van der Waals surface area contributed by atoms with E-state index < -0.39 is 0 Å². The Balaban J connectivity index is 1.71. The number of benzene rings is 2. The van der Waals surface area contributed by atoms with Crippen molar-refractivity contribution < 1.29 is 13.9 Å². The van der Waals surface area contributed by atoms with Gasteiger partial charge in [-0.3, -0.25) is 4.79 Å². The van der Waals surface area contributed by atoms with Crippen LogP contribution in [0, 0.1) is 0 Å². The van der Waals surface area contributed by atoms with Crippen LogP contribution in [0.5, 0.6) is 5.75 Å². The number of amides is 1. The van der Waals surface area contributed by atoms with Gasteiger partial charge in [0.25, 0.3) is 0 Å². The summed E-state index contributed by atoms with van der Waals surface area (Å²) < 4.78 is 11.7. The van der Waals surface area contributed by atoms with Crippen molar-refractivity contribution in [1.29, 1.82) is 0 Å². The van der Waals surface area contributed by atoms with Gasteiger partial charge in [0.2, 0.25) is 5.91 Å². The minimum absolute atomic E-state index is 0.0490. The molecule has 1 aromatic heterocycles. The van der Waals surface area contributed by atoms with Crippen LogP contribution in [0.2, 0.25) is 5.02 Å². The van der Waals surface area contributed by atoms with Crippen molar-refractivity contribution in [2.75, 3.05) is 6.61 Å². The molecule has 0 atom stereocenters. The molecule has 1 aliphatic carbocycles. The molecule has 1 saturated carbocycles. The summed E-state index contributed by atoms with van der Waals surface area (Å²) in [6.45, 7) is 4.42. The van der Waals surface area contributed by atoms with Crippen LogP contribution in [0.1, 0.15) is 45.1 Å². The third kappa shape index (κ3) is 4.39. The van der Waals surface area contributed by atoms with Gasteiger partial charge in [0.05, 0.1) is 12.9 Å². The molecule has 30 heavy (non-hydrogen) atoms. The summed E-state index contributed by atoms with van der Waals surface area (Å²) in [4.78, 5) is 12.5. The van der Waals surface area contributed by atoms with E-state index in [0.29, 0.717) is 23.4 Å². The molecule has 5 heteroatoms. The van der Waals surface area contributed by atoms with Crippen molar-refractivity contribution in [1.82, 2.24) is 5.32 Å². The molecule has 0 saturated heterocycles. The molecule has 0 aliphatic heterocycles. The van der Waals surface area contributed by atoms with Crippen molar-refractivity contribution in [3.05, 3.63) is 59.3 Å². The summed E-state index contributed by atoms with van der Waals surface area (Å²) in [5.41, 5.74) is 4.50. The number of allylic oxidation sites excluding steroid dienone is 1. The largest absolute Gasteiger partial charge is 0.493 e. The Bertz CT molecular complexity index is 1080. The number of hydrogen-bond donors (Lipinski definition) is 1. The van der Waals surface area contributed by atoms with E-state index in [9.17, 15) is 4.79 Å². The van der Waals surface area contributed by atoms with Gasteiger partial charge in [0.15, 0.2) is 0 Å². The van der Waals surface area contributed by atoms with Crippen LogP contribution in [0.3, 0.4) is 0 Å². The highest BCUT2D eigenvalue weighted by Crippen LogP contribution is 2.37. The monoisotopic (exact) mass is 423 g/mol. The van der Waals surface area contributed by atoms with Gasteiger partial charge in [-0.2, -0.15) is 0 Å². The molecule has 1 aliphatic rings. The third-order valence-corrected chi connectivity index (χ3v) is 5.86. The summed E-state index contributed by atoms with van der Waals surface area (Å²) in [6, 6.07) is 11.9. The first-order valence-electron chi connectivity index (χ1n) is 10.5. The lowest BCUT2D eigenvalue weighted by molar-refractivity contribution is -0.117. The van der Waals surface area contributed by atoms with Crippen molar-refractivity contribution in [3.8, 4) is 16.9 Å². The summed E-state index contributed by atoms with van der Waals surface area (Å²) in [5, 5.41) is 4.78. The van der Waals surface area contributed by atoms with Crippen LogP contribution in [0.4, 0.5) is 0 Å². The Morgan fingerprint density at radius 2 is 1.97 bits per heavy atom. The van der Waals surface area contributed by atoms with Gasteiger partial charge in [-0.25, -0.2) is 0 Å². The van der Waals surface area contributed by atoms with E-state index in [1.165, 1.54) is 12.8 Å². The second kappa shape index (κ2) is 8.97. The molecule has 0 unspecified atom stereocenters. The molecule has 1 fully saturated rings. The zero-order valence-electron chi connectivity index (χ0n) is 17.3. The van der Waals surface area contributed by atoms with Gasteiger partial charge in [-0.15, -0.1) is 0 Å². The Hall–Kier alpha value is -2.72. The maximum Gasteiger partial charge on any atom is 0.244 e. The number of carbonyl (C=O) groups excluding carboxylic acids is 1. The lowest BCUT2D eigenvalue weighted by Crippen LogP contribution is -2.31. The van der Waals surface area contributed by atoms with Crippen LogP contribution in [0.25, 0.3) is 27.7 Å². The van der Waals surface area contributed by atoms with Gasteiger partial charge in [0, 0.05) is 39.7 Å². The van der Waals surface area contributed by atoms with E-state index in [-0.39, 0.29) is 5.91 Å². The normalized spacial score (nSPS) is 15.0. The lowest BCUT2D eigenvalue weighted by atomic mass is 9.99. The van der Waals surface area contributed by atoms with E-state index in [4.69, 9.17) is 20.8 Å². The lowest BCUT2D eigenvalue weighted by Gasteiger charge is -2.13. The average Bonchev–Trinajstić information content (AvgIpc) is 3.37. The number of nitrogens with one attached hydrogen (secondary N) is 1. The van der Waals surface area contributed by atoms with Crippen molar-refractivity contribution in [2.45, 2.75) is 45.6 Å². The fourth-order valence-corrected chi connectivity index (χ4v) is 4.20. The van der Waals surface area contributed by atoms with E-state index in [1.54, 1.807) is 12.3 Å². The minimum atomic E-state index is -0.0490. The highest BCUT2D eigenvalue weighted by atomic mass is 35.5. The predicted octanol–water partition coefficient (Wildman–Crippen LogP) is 6.61. The molecule has 0 radical (unpaired) electrons. The molecule has 3 aromatic rings. The minimum Gasteiger partial charge on any atom is -0.493 e. The smallest absolute Gasteiger partial charge is 0.244 e. The zero-order valence-corrected chi connectivity index (χ0v) is 18.1. The molecule has 1 heterocycles. The topological polar surface area (TPSA) is 51.5 Å². The quantitative estimate of drug-likeness (QED) is 0.453. The van der Waals surface area contributed by atoms with Crippen LogP contribution in [-0.2, 0) is 4.79 Å². The molecule has 0 spiro atoms. The second-order valence-electron chi connectivity index (χ2n) is 7.75. The number of halogens is 1. The number of fused-ring (bicyclic) bond motifs is 1. The number of hydrogen-bond acceptors (Lipinski definition) is 3. The Morgan fingerprint density at radius 3 is 2.67 bits per heavy atom. The molecule has 1 amide bonds. The van der Waals surface area contributed by atoms with E-state index in [1.807, 2.05) is 50.2 Å². The van der Waals surface area contributed by atoms with Crippen molar-refractivity contribution >= 4 is 34.1 Å². The Labute approximate surface area is 181 Å². The standard InChI is InChI=1S/C25H26ClNO3/c1-3-29-23-14-24-21(22(15-30-24)17-8-10-18(26)11-9-17)13-20(23)16(2)12-25(28)27-19-6-4-5-7-19/h8-15,19H,3-7H2,1-2H3,(H,27,28)/b16-12+. The van der Waals surface area contributed by atoms with E-state index in [2.05, 4.69) is 5.32 Å². The van der Waals surface area contributed by atoms with E-state index >= 15 is 0 Å². The van der Waals surface area contributed by atoms with Gasteiger partial charge in [-0.1, -0.05) is 36.6 Å². The van der Waals surface area contributed by atoms with Crippen LogP contribution >= 0.6 is 11.6 Å². The molecule has 156 valence electrons. The Kier molecular flexibility index (Phi) is 6.14. The van der Waals surface area contributed by atoms with Crippen molar-refractivity contribution in [2.24, 2.45) is 0 Å². The maximum absolute atomic E-state index is 12.5. The predicted molar refractivity (Wildman–Crippen MR) is 122 cm³/mol. The summed E-state index contributed by atoms with van der Waals surface area (Å²) in [6.07, 6.45) is 7.92. The summed E-state index contributed by atoms with van der Waals surface area (Å²) in [5.74, 6) is 0.663. The second-order valence-corrected chi connectivity index (χ2v) is 8.19. The van der Waals surface area contributed by atoms with E-state index in [0.717, 1.165) is 46.1 Å². The first-order chi connectivity index (χ1) is 14.5. The van der Waals surface area contributed by atoms with Crippen LogP contribution < -0.4 is 10.1 Å². The SMILES string of the molecule is CCOc1cc2occ(-c3ccc(Cl)cc3)c2cc1/C(C)=C/C(=O)NC1CCCC1. The third-order valence-electron chi connectivity index (χ3n) is 5.60. The molecule has 2 aromatic carbocycles. The fourth-order valence-electron chi connectivity index (χ4n) is 4.08. The first kappa shape index (κ1) is 20.5. The first-order valence-corrected chi connectivity index (χ1v) is 10.9. The number of ether oxygens (including phenoxy) is 1. The highest BCUT2D eigenvalue weighted by molar-refractivity contribution is 6.30. The summed E-state index contributed by atoms with van der Waals surface area (Å²) in [7, 11) is 0. The molecular formula is C25H26ClNO3. The van der Waals surface area contributed by atoms with Crippen LogP contribution in [0.15, 0.2) is 53.2 Å². The average molecular weight is 424 g/mol. The highest BCUT2D eigenvalue weighted by Gasteiger charge is 2.18. The molecule has 1 N–H and O–H groups in total. The fraction of sp³-hybridized carbons (Fsp3) is 0.320. The number of rotatable bonds is 6. The summed E-state index contributed by atoms with van der Waals surface area (Å²) >= 11 is 6.04. The molecular weight excluding hydrogens is 398 g/mol. The zero-order chi connectivity index (χ0) is 21.1. The van der Waals surface area contributed by atoms with Crippen LogP contribution in [-0.4, -0.2) is 18.6 Å². The van der Waals surface area contributed by atoms with Crippen molar-refractivity contribution in [3.63, 3.8) is 0 Å². The maximum atomic E-state index is 12.5. The van der Waals surface area contributed by atoms with Gasteiger partial charge in [-0.05, 0) is 56.0 Å². The molecule has 4 nitrogen and oxygen atoms in total. The Morgan fingerprint density at radius 1 is 1.23 bits per heavy atom. The number of carbonyl (C=O) groups is 1.